The second-order valence-corrected chi connectivity index (χ2v) is 12.1. The quantitative estimate of drug-likeness (QED) is 0.282. The number of anilines is 1. The number of benzene rings is 3. The average Bonchev–Trinajstić information content (AvgIpc) is 2.93. The summed E-state index contributed by atoms with van der Waals surface area (Å²) >= 11 is 3.42. The van der Waals surface area contributed by atoms with Gasteiger partial charge in [-0.2, -0.15) is 0 Å². The third kappa shape index (κ3) is 8.16. The standard InChI is InChI=1S/C30H36BrN3O4S/c1-4-19-32-30(36)28(5-2)33(20-18-24-10-7-6-8-11-24)29(35)22-34(26-13-9-12-25(31)21-26)39(37,38)27-16-14-23(3)15-17-27/h6-17,21,28H,4-5,18-20,22H2,1-3H3,(H,32,36)/t28-/m1/s1. The molecule has 9 heteroatoms. The first-order valence-corrected chi connectivity index (χ1v) is 15.4. The van der Waals surface area contributed by atoms with Gasteiger partial charge in [0.05, 0.1) is 10.6 Å². The third-order valence-electron chi connectivity index (χ3n) is 6.40. The Hall–Kier alpha value is -3.17. The van der Waals surface area contributed by atoms with E-state index in [9.17, 15) is 18.0 Å². The summed E-state index contributed by atoms with van der Waals surface area (Å²) in [6, 6.07) is 22.4. The van der Waals surface area contributed by atoms with Crippen LogP contribution in [0.5, 0.6) is 0 Å². The molecule has 3 rings (SSSR count). The van der Waals surface area contributed by atoms with Gasteiger partial charge in [0.1, 0.15) is 12.6 Å². The largest absolute Gasteiger partial charge is 0.354 e. The van der Waals surface area contributed by atoms with E-state index in [4.69, 9.17) is 0 Å². The molecule has 0 spiro atoms. The topological polar surface area (TPSA) is 86.8 Å². The minimum atomic E-state index is -4.09. The number of nitrogens with one attached hydrogen (secondary N) is 1. The number of halogens is 1. The number of carbonyl (C=O) groups is 2. The van der Waals surface area contributed by atoms with E-state index < -0.39 is 28.5 Å². The van der Waals surface area contributed by atoms with Crippen LogP contribution < -0.4 is 9.62 Å². The molecule has 208 valence electrons. The van der Waals surface area contributed by atoms with Crippen molar-refractivity contribution < 1.29 is 18.0 Å². The molecule has 0 radical (unpaired) electrons. The van der Waals surface area contributed by atoms with E-state index in [0.29, 0.717) is 29.5 Å². The van der Waals surface area contributed by atoms with Crippen molar-refractivity contribution >= 4 is 43.5 Å². The van der Waals surface area contributed by atoms with Crippen LogP contribution in [0.1, 0.15) is 37.8 Å². The van der Waals surface area contributed by atoms with E-state index in [2.05, 4.69) is 21.2 Å². The van der Waals surface area contributed by atoms with Crippen molar-refractivity contribution in [2.75, 3.05) is 23.9 Å². The van der Waals surface area contributed by atoms with E-state index in [-0.39, 0.29) is 17.3 Å². The lowest BCUT2D eigenvalue weighted by Gasteiger charge is -2.33. The summed E-state index contributed by atoms with van der Waals surface area (Å²) < 4.78 is 29.5. The molecule has 0 aromatic heterocycles. The highest BCUT2D eigenvalue weighted by Crippen LogP contribution is 2.27. The molecule has 39 heavy (non-hydrogen) atoms. The maximum Gasteiger partial charge on any atom is 0.264 e. The second kappa shape index (κ2) is 14.3. The van der Waals surface area contributed by atoms with Gasteiger partial charge in [-0.3, -0.25) is 13.9 Å². The van der Waals surface area contributed by atoms with Gasteiger partial charge in [0.15, 0.2) is 0 Å². The van der Waals surface area contributed by atoms with E-state index in [1.54, 1.807) is 48.5 Å². The summed E-state index contributed by atoms with van der Waals surface area (Å²) in [5.74, 6) is -0.684. The van der Waals surface area contributed by atoms with Crippen LogP contribution in [0.3, 0.4) is 0 Å². The van der Waals surface area contributed by atoms with Gasteiger partial charge in [-0.15, -0.1) is 0 Å². The molecule has 7 nitrogen and oxygen atoms in total. The highest BCUT2D eigenvalue weighted by Gasteiger charge is 2.33. The summed E-state index contributed by atoms with van der Waals surface area (Å²) in [5, 5.41) is 2.90. The fourth-order valence-corrected chi connectivity index (χ4v) is 6.05. The first-order chi connectivity index (χ1) is 18.7. The molecule has 0 bridgehead atoms. The minimum Gasteiger partial charge on any atom is -0.354 e. The predicted octanol–water partition coefficient (Wildman–Crippen LogP) is 5.33. The van der Waals surface area contributed by atoms with Crippen LogP contribution in [0.15, 0.2) is 88.2 Å². The Labute approximate surface area is 240 Å². The summed E-state index contributed by atoms with van der Waals surface area (Å²) in [4.78, 5) is 28.7. The summed E-state index contributed by atoms with van der Waals surface area (Å²) in [6.45, 7) is 6.03. The number of nitrogens with zero attached hydrogens (tertiary/aromatic N) is 2. The molecule has 3 aromatic carbocycles. The number of carbonyl (C=O) groups excluding carboxylic acids is 2. The predicted molar refractivity (Wildman–Crippen MR) is 159 cm³/mol. The smallest absolute Gasteiger partial charge is 0.264 e. The highest BCUT2D eigenvalue weighted by atomic mass is 79.9. The van der Waals surface area contributed by atoms with E-state index in [0.717, 1.165) is 21.9 Å². The Morgan fingerprint density at radius 3 is 2.26 bits per heavy atom. The molecular formula is C30H36BrN3O4S. The number of hydrogen-bond donors (Lipinski definition) is 1. The van der Waals surface area contributed by atoms with Gasteiger partial charge >= 0.3 is 0 Å². The number of sulfonamides is 1. The van der Waals surface area contributed by atoms with Crippen LogP contribution in [0.2, 0.25) is 0 Å². The van der Waals surface area contributed by atoms with Crippen LogP contribution in [0.4, 0.5) is 5.69 Å². The first-order valence-electron chi connectivity index (χ1n) is 13.1. The first kappa shape index (κ1) is 30.4. The molecule has 0 fully saturated rings. The van der Waals surface area contributed by atoms with Crippen LogP contribution in [0, 0.1) is 6.92 Å². The van der Waals surface area contributed by atoms with Crippen LogP contribution in [-0.2, 0) is 26.0 Å². The maximum absolute atomic E-state index is 14.0. The Morgan fingerprint density at radius 2 is 1.64 bits per heavy atom. The van der Waals surface area contributed by atoms with E-state index in [1.165, 1.54) is 4.90 Å². The lowest BCUT2D eigenvalue weighted by atomic mass is 10.1. The zero-order chi connectivity index (χ0) is 28.4. The zero-order valence-corrected chi connectivity index (χ0v) is 25.0. The molecule has 0 aliphatic rings. The lowest BCUT2D eigenvalue weighted by molar-refractivity contribution is -0.139. The Kier molecular flexibility index (Phi) is 11.1. The zero-order valence-electron chi connectivity index (χ0n) is 22.6. The molecule has 0 saturated carbocycles. The van der Waals surface area contributed by atoms with Crippen LogP contribution in [0.25, 0.3) is 0 Å². The number of amides is 2. The molecule has 2 amide bonds. The SMILES string of the molecule is CCCNC(=O)[C@@H](CC)N(CCc1ccccc1)C(=O)CN(c1cccc(Br)c1)S(=O)(=O)c1ccc(C)cc1. The molecule has 0 aliphatic carbocycles. The van der Waals surface area contributed by atoms with Gasteiger partial charge < -0.3 is 10.2 Å². The fourth-order valence-electron chi connectivity index (χ4n) is 4.26. The number of aryl methyl sites for hydroxylation is 1. The normalized spacial score (nSPS) is 12.0. The van der Waals surface area contributed by atoms with Crippen molar-refractivity contribution in [3.8, 4) is 0 Å². The van der Waals surface area contributed by atoms with Crippen LogP contribution >= 0.6 is 15.9 Å². The minimum absolute atomic E-state index is 0.0874. The number of hydrogen-bond acceptors (Lipinski definition) is 4. The number of rotatable bonds is 13. The van der Waals surface area contributed by atoms with Gasteiger partial charge in [-0.25, -0.2) is 8.42 Å². The summed E-state index contributed by atoms with van der Waals surface area (Å²) in [5.41, 5.74) is 2.30. The van der Waals surface area contributed by atoms with Gasteiger partial charge in [0, 0.05) is 17.6 Å². The van der Waals surface area contributed by atoms with Crippen molar-refractivity contribution in [2.24, 2.45) is 0 Å². The van der Waals surface area contributed by atoms with E-state index >= 15 is 0 Å². The molecule has 0 saturated heterocycles. The lowest BCUT2D eigenvalue weighted by Crippen LogP contribution is -2.53. The van der Waals surface area contributed by atoms with Crippen molar-refractivity contribution in [1.29, 1.82) is 0 Å². The molecule has 3 aromatic rings. The Balaban J connectivity index is 2.00. The van der Waals surface area contributed by atoms with Crippen LogP contribution in [-0.4, -0.2) is 50.8 Å². The molecule has 0 heterocycles. The van der Waals surface area contributed by atoms with Crippen molar-refractivity contribution in [3.05, 3.63) is 94.5 Å². The van der Waals surface area contributed by atoms with Crippen molar-refractivity contribution in [1.82, 2.24) is 10.2 Å². The molecule has 0 aliphatic heterocycles. The summed E-state index contributed by atoms with van der Waals surface area (Å²) in [6.07, 6.45) is 1.70. The molecule has 1 atom stereocenters. The monoisotopic (exact) mass is 613 g/mol. The second-order valence-electron chi connectivity index (χ2n) is 9.34. The highest BCUT2D eigenvalue weighted by molar-refractivity contribution is 9.10. The molecular weight excluding hydrogens is 578 g/mol. The van der Waals surface area contributed by atoms with Gasteiger partial charge in [-0.1, -0.05) is 83.9 Å². The fraction of sp³-hybridized carbons (Fsp3) is 0.333. The van der Waals surface area contributed by atoms with Crippen molar-refractivity contribution in [3.63, 3.8) is 0 Å². The van der Waals surface area contributed by atoms with Crippen molar-refractivity contribution in [2.45, 2.75) is 51.0 Å². The molecule has 0 unspecified atom stereocenters. The van der Waals surface area contributed by atoms with Gasteiger partial charge in [-0.05, 0) is 62.1 Å². The van der Waals surface area contributed by atoms with E-state index in [1.807, 2.05) is 51.1 Å². The molecule has 1 N–H and O–H groups in total. The summed E-state index contributed by atoms with van der Waals surface area (Å²) in [7, 11) is -4.09. The van der Waals surface area contributed by atoms with Gasteiger partial charge in [0.25, 0.3) is 10.0 Å². The maximum atomic E-state index is 14.0. The Morgan fingerprint density at radius 1 is 0.949 bits per heavy atom. The average molecular weight is 615 g/mol. The Bertz CT molecular complexity index is 1350. The third-order valence-corrected chi connectivity index (χ3v) is 8.68. The van der Waals surface area contributed by atoms with Gasteiger partial charge in [0.2, 0.25) is 11.8 Å².